The zero-order chi connectivity index (χ0) is 9.84. The molecule has 0 bridgehead atoms. The Morgan fingerprint density at radius 2 is 2.31 bits per heavy atom. The molecular weight excluding hydrogens is 251 g/mol. The van der Waals surface area contributed by atoms with Crippen LogP contribution in [0.15, 0.2) is 34.3 Å². The number of hydrogen-bond donors (Lipinski definition) is 2. The van der Waals surface area contributed by atoms with Gasteiger partial charge in [-0.25, -0.2) is 0 Å². The summed E-state index contributed by atoms with van der Waals surface area (Å²) in [7, 11) is 0. The highest BCUT2D eigenvalue weighted by Crippen LogP contribution is 2.24. The van der Waals surface area contributed by atoms with Gasteiger partial charge in [0.15, 0.2) is 0 Å². The highest BCUT2D eigenvalue weighted by atomic mass is 79.9. The third-order valence-electron chi connectivity index (χ3n) is 1.46. The third kappa shape index (κ3) is 3.28. The second-order valence-electron chi connectivity index (χ2n) is 2.61. The van der Waals surface area contributed by atoms with Gasteiger partial charge in [-0.3, -0.25) is 0 Å². The Labute approximate surface area is 90.9 Å². The highest BCUT2D eigenvalue weighted by molar-refractivity contribution is 9.10. The fourth-order valence-corrected chi connectivity index (χ4v) is 1.47. The number of hydrogen-bond acceptors (Lipinski definition) is 2. The molecule has 0 aliphatic rings. The van der Waals surface area contributed by atoms with Crippen LogP contribution in [-0.4, -0.2) is 6.54 Å². The van der Waals surface area contributed by atoms with Gasteiger partial charge in [0.25, 0.3) is 0 Å². The molecule has 0 atom stereocenters. The highest BCUT2D eigenvalue weighted by Gasteiger charge is 1.98. The quantitative estimate of drug-likeness (QED) is 0.820. The van der Waals surface area contributed by atoms with Crippen molar-refractivity contribution in [3.05, 3.63) is 34.3 Å². The Morgan fingerprint density at radius 3 is 2.85 bits per heavy atom. The molecule has 1 rings (SSSR count). The molecule has 0 fully saturated rings. The third-order valence-corrected chi connectivity index (χ3v) is 2.25. The first kappa shape index (κ1) is 10.4. The lowest BCUT2D eigenvalue weighted by Crippen LogP contribution is -2.01. The first-order valence-corrected chi connectivity index (χ1v) is 4.89. The molecule has 0 radical (unpaired) electrons. The summed E-state index contributed by atoms with van der Waals surface area (Å²) >= 11 is 9.00. The number of nitrogen functional groups attached to an aromatic ring is 1. The van der Waals surface area contributed by atoms with Crippen molar-refractivity contribution in [3.8, 4) is 0 Å². The maximum absolute atomic E-state index is 5.61. The zero-order valence-corrected chi connectivity index (χ0v) is 9.32. The van der Waals surface area contributed by atoms with E-state index in [1.165, 1.54) is 0 Å². The SMILES string of the molecule is C=C(Cl)CNc1ccc(N)cc1Br. The summed E-state index contributed by atoms with van der Waals surface area (Å²) in [5.74, 6) is 0. The van der Waals surface area contributed by atoms with E-state index in [0.29, 0.717) is 11.6 Å². The van der Waals surface area contributed by atoms with Crippen molar-refractivity contribution in [2.45, 2.75) is 0 Å². The van der Waals surface area contributed by atoms with Gasteiger partial charge in [0, 0.05) is 20.9 Å². The lowest BCUT2D eigenvalue weighted by Gasteiger charge is -2.07. The summed E-state index contributed by atoms with van der Waals surface area (Å²) in [6, 6.07) is 5.54. The van der Waals surface area contributed by atoms with Crippen molar-refractivity contribution in [1.29, 1.82) is 0 Å². The Morgan fingerprint density at radius 1 is 1.62 bits per heavy atom. The molecule has 0 saturated heterocycles. The summed E-state index contributed by atoms with van der Waals surface area (Å²) in [6.45, 7) is 4.13. The molecule has 0 saturated carbocycles. The lowest BCUT2D eigenvalue weighted by atomic mass is 10.3. The molecule has 1 aromatic rings. The van der Waals surface area contributed by atoms with Crippen LogP contribution in [-0.2, 0) is 0 Å². The topological polar surface area (TPSA) is 38.0 Å². The Balaban J connectivity index is 2.72. The molecule has 2 nitrogen and oxygen atoms in total. The standard InChI is InChI=1S/C9H10BrClN2/c1-6(11)5-13-9-3-2-7(12)4-8(9)10/h2-4,13H,1,5,12H2. The zero-order valence-electron chi connectivity index (χ0n) is 6.98. The van der Waals surface area contributed by atoms with E-state index in [1.807, 2.05) is 18.2 Å². The van der Waals surface area contributed by atoms with Crippen LogP contribution in [0.4, 0.5) is 11.4 Å². The first-order valence-electron chi connectivity index (χ1n) is 3.72. The minimum absolute atomic E-state index is 0.546. The molecule has 70 valence electrons. The molecule has 3 N–H and O–H groups in total. The van der Waals surface area contributed by atoms with Gasteiger partial charge in [0.05, 0.1) is 6.54 Å². The van der Waals surface area contributed by atoms with Crippen LogP contribution in [0.25, 0.3) is 0 Å². The van der Waals surface area contributed by atoms with Gasteiger partial charge in [0.1, 0.15) is 0 Å². The van der Waals surface area contributed by atoms with E-state index in [-0.39, 0.29) is 0 Å². The molecule has 0 aromatic heterocycles. The number of anilines is 2. The molecule has 0 spiro atoms. The summed E-state index contributed by atoms with van der Waals surface area (Å²) < 4.78 is 0.922. The molecule has 0 aliphatic heterocycles. The molecule has 0 aliphatic carbocycles. The van der Waals surface area contributed by atoms with E-state index in [2.05, 4.69) is 27.8 Å². The fourth-order valence-electron chi connectivity index (χ4n) is 0.866. The molecule has 1 aromatic carbocycles. The normalized spacial score (nSPS) is 9.69. The van der Waals surface area contributed by atoms with Crippen LogP contribution in [0, 0.1) is 0 Å². The summed E-state index contributed by atoms with van der Waals surface area (Å²) in [5.41, 5.74) is 7.26. The number of benzene rings is 1. The average molecular weight is 262 g/mol. The summed E-state index contributed by atoms with van der Waals surface area (Å²) in [4.78, 5) is 0. The molecule has 4 heteroatoms. The van der Waals surface area contributed by atoms with Crippen molar-refractivity contribution in [2.24, 2.45) is 0 Å². The van der Waals surface area contributed by atoms with Gasteiger partial charge < -0.3 is 11.1 Å². The van der Waals surface area contributed by atoms with Crippen LogP contribution < -0.4 is 11.1 Å². The Bertz CT molecular complexity index is 325. The van der Waals surface area contributed by atoms with E-state index in [1.54, 1.807) is 0 Å². The molecular formula is C9H10BrClN2. The number of rotatable bonds is 3. The van der Waals surface area contributed by atoms with Crippen LogP contribution >= 0.6 is 27.5 Å². The van der Waals surface area contributed by atoms with E-state index in [9.17, 15) is 0 Å². The summed E-state index contributed by atoms with van der Waals surface area (Å²) in [5, 5.41) is 3.68. The van der Waals surface area contributed by atoms with Gasteiger partial charge in [-0.1, -0.05) is 18.2 Å². The molecule has 0 unspecified atom stereocenters. The Kier molecular flexibility index (Phi) is 3.63. The van der Waals surface area contributed by atoms with Crippen molar-refractivity contribution in [3.63, 3.8) is 0 Å². The van der Waals surface area contributed by atoms with Crippen LogP contribution in [0.1, 0.15) is 0 Å². The number of halogens is 2. The number of nitrogens with one attached hydrogen (secondary N) is 1. The van der Waals surface area contributed by atoms with Crippen molar-refractivity contribution >= 4 is 38.9 Å². The van der Waals surface area contributed by atoms with Gasteiger partial charge in [0.2, 0.25) is 0 Å². The van der Waals surface area contributed by atoms with Crippen LogP contribution in [0.3, 0.4) is 0 Å². The monoisotopic (exact) mass is 260 g/mol. The van der Waals surface area contributed by atoms with Gasteiger partial charge in [-0.15, -0.1) is 0 Å². The first-order chi connectivity index (χ1) is 6.09. The molecule has 0 amide bonds. The minimum atomic E-state index is 0.546. The van der Waals surface area contributed by atoms with Crippen LogP contribution in [0.5, 0.6) is 0 Å². The van der Waals surface area contributed by atoms with E-state index < -0.39 is 0 Å². The lowest BCUT2D eigenvalue weighted by molar-refractivity contribution is 1.31. The largest absolute Gasteiger partial charge is 0.399 e. The van der Waals surface area contributed by atoms with Gasteiger partial charge in [-0.2, -0.15) is 0 Å². The predicted molar refractivity (Wildman–Crippen MR) is 62.0 cm³/mol. The minimum Gasteiger partial charge on any atom is -0.399 e. The van der Waals surface area contributed by atoms with Gasteiger partial charge >= 0.3 is 0 Å². The maximum atomic E-state index is 5.61. The fraction of sp³-hybridized carbons (Fsp3) is 0.111. The van der Waals surface area contributed by atoms with E-state index in [0.717, 1.165) is 15.8 Å². The molecule has 13 heavy (non-hydrogen) atoms. The van der Waals surface area contributed by atoms with Gasteiger partial charge in [-0.05, 0) is 34.1 Å². The maximum Gasteiger partial charge on any atom is 0.0502 e. The smallest absolute Gasteiger partial charge is 0.0502 e. The van der Waals surface area contributed by atoms with E-state index >= 15 is 0 Å². The van der Waals surface area contributed by atoms with E-state index in [4.69, 9.17) is 17.3 Å². The van der Waals surface area contributed by atoms with Crippen LogP contribution in [0.2, 0.25) is 0 Å². The molecule has 0 heterocycles. The second kappa shape index (κ2) is 4.53. The number of nitrogens with two attached hydrogens (primary N) is 1. The summed E-state index contributed by atoms with van der Waals surface area (Å²) in [6.07, 6.45) is 0. The second-order valence-corrected chi connectivity index (χ2v) is 4.00. The predicted octanol–water partition coefficient (Wildman–Crippen LogP) is 3.20. The average Bonchev–Trinajstić information content (AvgIpc) is 2.02. The van der Waals surface area contributed by atoms with Crippen molar-refractivity contribution < 1.29 is 0 Å². The van der Waals surface area contributed by atoms with Crippen molar-refractivity contribution in [2.75, 3.05) is 17.6 Å². The Hall–Kier alpha value is -0.670. The van der Waals surface area contributed by atoms with Crippen molar-refractivity contribution in [1.82, 2.24) is 0 Å².